The van der Waals surface area contributed by atoms with Crippen molar-refractivity contribution in [2.45, 2.75) is 109 Å². The zero-order valence-electron chi connectivity index (χ0n) is 48.6. The van der Waals surface area contributed by atoms with Crippen molar-refractivity contribution >= 4 is 32.3 Å². The van der Waals surface area contributed by atoms with Crippen LogP contribution in [0.4, 0.5) is 0 Å². The van der Waals surface area contributed by atoms with Crippen molar-refractivity contribution in [2.75, 3.05) is 0 Å². The Kier molecular flexibility index (Phi) is 15.8. The van der Waals surface area contributed by atoms with Crippen LogP contribution in [-0.2, 0) is 5.41 Å². The van der Waals surface area contributed by atoms with Gasteiger partial charge in [0.2, 0.25) is 0 Å². The van der Waals surface area contributed by atoms with E-state index < -0.39 is 0 Å². The highest BCUT2D eigenvalue weighted by molar-refractivity contribution is 6.35. The minimum Gasteiger partial charge on any atom is -0.0654 e. The van der Waals surface area contributed by atoms with Gasteiger partial charge in [0.05, 0.1) is 0 Å². The first-order chi connectivity index (χ1) is 41.1. The van der Waals surface area contributed by atoms with Crippen LogP contribution in [0.25, 0.3) is 121 Å². The second kappa shape index (κ2) is 24.5. The third-order valence-corrected chi connectivity index (χ3v) is 18.4. The maximum atomic E-state index is 2.67. The largest absolute Gasteiger partial charge is 0.0654 e. The minimum atomic E-state index is -0.0827. The molecule has 12 aromatic rings. The van der Waals surface area contributed by atoms with Crippen molar-refractivity contribution in [3.63, 3.8) is 0 Å². The molecule has 0 saturated heterocycles. The van der Waals surface area contributed by atoms with Gasteiger partial charge in [0.1, 0.15) is 0 Å². The van der Waals surface area contributed by atoms with Crippen molar-refractivity contribution in [1.29, 1.82) is 0 Å². The molecule has 83 heavy (non-hydrogen) atoms. The van der Waals surface area contributed by atoms with Crippen LogP contribution in [0.5, 0.6) is 0 Å². The third kappa shape index (κ3) is 10.4. The van der Waals surface area contributed by atoms with Gasteiger partial charge in [-0.05, 0) is 170 Å². The van der Waals surface area contributed by atoms with Gasteiger partial charge in [-0.2, -0.15) is 0 Å². The first kappa shape index (κ1) is 53.7. The van der Waals surface area contributed by atoms with Gasteiger partial charge >= 0.3 is 0 Å². The predicted octanol–water partition coefficient (Wildman–Crippen LogP) is 24.6. The molecule has 0 spiro atoms. The fourth-order valence-electron chi connectivity index (χ4n) is 14.4. The molecule has 0 fully saturated rings. The summed E-state index contributed by atoms with van der Waals surface area (Å²) in [5.41, 5.74) is 23.3. The number of rotatable bonds is 21. The van der Waals surface area contributed by atoms with Crippen LogP contribution in [0.15, 0.2) is 255 Å². The molecule has 408 valence electrons. The lowest BCUT2D eigenvalue weighted by atomic mass is 9.70. The average molecular weight is 1070 g/mol. The molecule has 1 aliphatic rings. The van der Waals surface area contributed by atoms with Crippen molar-refractivity contribution in [2.24, 2.45) is 0 Å². The second-order valence-electron chi connectivity index (χ2n) is 23.6. The van der Waals surface area contributed by atoms with Crippen molar-refractivity contribution in [3.05, 3.63) is 266 Å². The quantitative estimate of drug-likeness (QED) is 0.0497. The zero-order chi connectivity index (χ0) is 56.0. The summed E-state index contributed by atoms with van der Waals surface area (Å²) < 4.78 is 0. The highest BCUT2D eigenvalue weighted by Gasteiger charge is 2.43. The summed E-state index contributed by atoms with van der Waals surface area (Å²) in [7, 11) is 0. The molecule has 0 aliphatic heterocycles. The number of unbranched alkanes of at least 4 members (excludes halogenated alkanes) is 10. The molecule has 1 aliphatic carbocycles. The molecule has 0 radical (unpaired) electrons. The normalized spacial score (nSPS) is 12.5. The van der Waals surface area contributed by atoms with Crippen molar-refractivity contribution in [3.8, 4) is 89.0 Å². The number of benzene rings is 12. The number of hydrogen-bond acceptors (Lipinski definition) is 0. The van der Waals surface area contributed by atoms with Gasteiger partial charge in [-0.1, -0.05) is 321 Å². The number of hydrogen-bond donors (Lipinski definition) is 0. The summed E-state index contributed by atoms with van der Waals surface area (Å²) in [6.07, 6.45) is 17.9. The molecular formula is C83H76. The molecule has 0 aromatic heterocycles. The molecule has 0 heteroatoms. The molecule has 13 rings (SSSR count). The standard InChI is InChI=1S/C83H76/c1-3-5-7-9-11-31-53-83(54-32-12-10-8-6-4-2)75-57-67(60-35-21-14-22-36-60)47-51-71(75)72-52-48-68(58-76(72)83)66-46-50-70-69-49-45-65(59-33-19-13-20-34-59)55-73(69)81-79(63-41-27-17-28-42-63)77(61-37-23-15-24-38-61)78(62-39-25-16-26-40-62)80(82(81)74(70)56-66)64-43-29-18-30-44-64/h13-30,33-52,55-58H,3-12,31-32,53-54H2,1-2H3. The van der Waals surface area contributed by atoms with Gasteiger partial charge in [-0.15, -0.1) is 0 Å². The SMILES string of the molecule is CCCCCCCCC1(CCCCCCCC)c2cc(-c3ccccc3)ccc2-c2ccc(-c3ccc4c5ccc(-c6ccccc6)cc5c5c(-c6ccccc6)c(-c6ccccc6)c(-c6ccccc6)c(-c6ccccc6)c5c4c3)cc21. The van der Waals surface area contributed by atoms with Crippen LogP contribution < -0.4 is 0 Å². The Morgan fingerprint density at radius 3 is 0.892 bits per heavy atom. The van der Waals surface area contributed by atoms with Gasteiger partial charge in [-0.3, -0.25) is 0 Å². The summed E-state index contributed by atoms with van der Waals surface area (Å²) >= 11 is 0. The van der Waals surface area contributed by atoms with Crippen LogP contribution >= 0.6 is 0 Å². The molecule has 0 saturated carbocycles. The maximum absolute atomic E-state index is 2.67. The van der Waals surface area contributed by atoms with E-state index in [4.69, 9.17) is 0 Å². The molecular weight excluding hydrogens is 997 g/mol. The topological polar surface area (TPSA) is 0 Å². The van der Waals surface area contributed by atoms with Gasteiger partial charge in [-0.25, -0.2) is 0 Å². The van der Waals surface area contributed by atoms with Crippen LogP contribution in [0.1, 0.15) is 115 Å². The molecule has 0 heterocycles. The van der Waals surface area contributed by atoms with Crippen LogP contribution in [0, 0.1) is 0 Å². The molecule has 0 N–H and O–H groups in total. The first-order valence-corrected chi connectivity index (χ1v) is 31.3. The van der Waals surface area contributed by atoms with Crippen LogP contribution in [0.3, 0.4) is 0 Å². The summed E-state index contributed by atoms with van der Waals surface area (Å²) in [5, 5.41) is 7.62. The maximum Gasteiger partial charge on any atom is 0.0215 e. The van der Waals surface area contributed by atoms with E-state index in [0.717, 1.165) is 0 Å². The van der Waals surface area contributed by atoms with Crippen molar-refractivity contribution < 1.29 is 0 Å². The van der Waals surface area contributed by atoms with Crippen molar-refractivity contribution in [1.82, 2.24) is 0 Å². The van der Waals surface area contributed by atoms with E-state index in [1.54, 1.807) is 5.56 Å². The van der Waals surface area contributed by atoms with E-state index in [1.807, 2.05) is 0 Å². The Morgan fingerprint density at radius 1 is 0.229 bits per heavy atom. The monoisotopic (exact) mass is 1070 g/mol. The van der Waals surface area contributed by atoms with Crippen LogP contribution in [-0.4, -0.2) is 0 Å². The molecule has 0 nitrogen and oxygen atoms in total. The first-order valence-electron chi connectivity index (χ1n) is 31.3. The van der Waals surface area contributed by atoms with E-state index in [9.17, 15) is 0 Å². The Labute approximate surface area is 493 Å². The van der Waals surface area contributed by atoms with Crippen LogP contribution in [0.2, 0.25) is 0 Å². The smallest absolute Gasteiger partial charge is 0.0215 e. The molecule has 0 amide bonds. The average Bonchev–Trinajstić information content (AvgIpc) is 1.63. The summed E-state index contributed by atoms with van der Waals surface area (Å²) in [4.78, 5) is 0. The second-order valence-corrected chi connectivity index (χ2v) is 23.6. The highest BCUT2D eigenvalue weighted by atomic mass is 14.5. The van der Waals surface area contributed by atoms with E-state index in [0.29, 0.717) is 0 Å². The highest BCUT2D eigenvalue weighted by Crippen LogP contribution is 2.58. The van der Waals surface area contributed by atoms with Gasteiger partial charge in [0.15, 0.2) is 0 Å². The van der Waals surface area contributed by atoms with E-state index in [2.05, 4.69) is 269 Å². The van der Waals surface area contributed by atoms with Gasteiger partial charge in [0, 0.05) is 5.41 Å². The Bertz CT molecular complexity index is 4160. The Morgan fingerprint density at radius 2 is 0.518 bits per heavy atom. The van der Waals surface area contributed by atoms with E-state index in [1.165, 1.54) is 217 Å². The fraction of sp³-hybridized carbons (Fsp3) is 0.205. The number of fused-ring (bicyclic) bond motifs is 9. The minimum absolute atomic E-state index is 0.0827. The molecule has 0 bridgehead atoms. The Balaban J connectivity index is 1.11. The Hall–Kier alpha value is -8.58. The third-order valence-electron chi connectivity index (χ3n) is 18.4. The summed E-state index contributed by atoms with van der Waals surface area (Å²) in [6, 6.07) is 96.8. The lowest BCUT2D eigenvalue weighted by molar-refractivity contribution is 0.398. The molecule has 12 aromatic carbocycles. The van der Waals surface area contributed by atoms with E-state index >= 15 is 0 Å². The summed E-state index contributed by atoms with van der Waals surface area (Å²) in [5.74, 6) is 0. The molecule has 0 atom stereocenters. The van der Waals surface area contributed by atoms with Gasteiger partial charge < -0.3 is 0 Å². The molecule has 0 unspecified atom stereocenters. The van der Waals surface area contributed by atoms with Gasteiger partial charge in [0.25, 0.3) is 0 Å². The lowest BCUT2D eigenvalue weighted by Gasteiger charge is -2.33. The van der Waals surface area contributed by atoms with E-state index in [-0.39, 0.29) is 5.41 Å². The summed E-state index contributed by atoms with van der Waals surface area (Å²) in [6.45, 7) is 4.67. The predicted molar refractivity (Wildman–Crippen MR) is 359 cm³/mol. The fourth-order valence-corrected chi connectivity index (χ4v) is 14.4. The lowest BCUT2D eigenvalue weighted by Crippen LogP contribution is -2.25. The zero-order valence-corrected chi connectivity index (χ0v) is 48.6.